The van der Waals surface area contributed by atoms with E-state index in [1.54, 1.807) is 36.4 Å². The second-order valence-electron chi connectivity index (χ2n) is 4.81. The molecule has 0 heterocycles. The largest absolute Gasteiger partial charge is 0.452 e. The fourth-order valence-electron chi connectivity index (χ4n) is 1.85. The van der Waals surface area contributed by atoms with Crippen LogP contribution in [-0.4, -0.2) is 25.0 Å². The van der Waals surface area contributed by atoms with Crippen molar-refractivity contribution in [2.75, 3.05) is 13.2 Å². The number of amides is 1. The summed E-state index contributed by atoms with van der Waals surface area (Å²) in [5.41, 5.74) is 1.33. The Kier molecular flexibility index (Phi) is 6.52. The van der Waals surface area contributed by atoms with Crippen LogP contribution < -0.4 is 5.32 Å². The summed E-state index contributed by atoms with van der Waals surface area (Å²) in [4.78, 5) is 23.4. The molecular formula is C17H15FINO3. The average Bonchev–Trinajstić information content (AvgIpc) is 2.55. The van der Waals surface area contributed by atoms with Gasteiger partial charge >= 0.3 is 5.97 Å². The van der Waals surface area contributed by atoms with Gasteiger partial charge in [0.05, 0.1) is 5.56 Å². The predicted molar refractivity (Wildman–Crippen MR) is 92.6 cm³/mol. The van der Waals surface area contributed by atoms with E-state index >= 15 is 0 Å². The van der Waals surface area contributed by atoms with Gasteiger partial charge in [-0.3, -0.25) is 4.79 Å². The smallest absolute Gasteiger partial charge is 0.338 e. The van der Waals surface area contributed by atoms with Crippen LogP contribution in [0.15, 0.2) is 48.5 Å². The van der Waals surface area contributed by atoms with Gasteiger partial charge in [0.2, 0.25) is 0 Å². The van der Waals surface area contributed by atoms with Crippen molar-refractivity contribution in [2.24, 2.45) is 0 Å². The molecule has 0 fully saturated rings. The van der Waals surface area contributed by atoms with E-state index in [9.17, 15) is 14.0 Å². The lowest BCUT2D eigenvalue weighted by atomic mass is 10.1. The third-order valence-corrected chi connectivity index (χ3v) is 3.78. The fraction of sp³-hybridized carbons (Fsp3) is 0.176. The average molecular weight is 427 g/mol. The summed E-state index contributed by atoms with van der Waals surface area (Å²) in [7, 11) is 0. The molecule has 0 aliphatic rings. The minimum absolute atomic E-state index is 0.291. The van der Waals surface area contributed by atoms with E-state index < -0.39 is 5.97 Å². The van der Waals surface area contributed by atoms with Crippen molar-refractivity contribution in [2.45, 2.75) is 6.42 Å². The minimum Gasteiger partial charge on any atom is -0.452 e. The predicted octanol–water partition coefficient (Wildman–Crippen LogP) is 2.95. The molecule has 0 unspecified atom stereocenters. The number of hydrogen-bond donors (Lipinski definition) is 1. The first kappa shape index (κ1) is 17.4. The Hall–Kier alpha value is -1.96. The second kappa shape index (κ2) is 8.61. The van der Waals surface area contributed by atoms with Crippen LogP contribution in [0.1, 0.15) is 15.9 Å². The molecule has 0 aliphatic carbocycles. The first-order chi connectivity index (χ1) is 11.0. The van der Waals surface area contributed by atoms with Gasteiger partial charge in [-0.1, -0.05) is 12.1 Å². The zero-order chi connectivity index (χ0) is 16.7. The number of carbonyl (C=O) groups excluding carboxylic acids is 2. The molecule has 0 aliphatic heterocycles. The van der Waals surface area contributed by atoms with Crippen molar-refractivity contribution in [3.63, 3.8) is 0 Å². The maximum Gasteiger partial charge on any atom is 0.338 e. The monoisotopic (exact) mass is 427 g/mol. The summed E-state index contributed by atoms with van der Waals surface area (Å²) in [6, 6.07) is 13.0. The Morgan fingerprint density at radius 1 is 1.04 bits per heavy atom. The van der Waals surface area contributed by atoms with Crippen molar-refractivity contribution in [1.29, 1.82) is 0 Å². The normalized spacial score (nSPS) is 10.2. The number of carbonyl (C=O) groups is 2. The molecule has 0 aromatic heterocycles. The Morgan fingerprint density at radius 2 is 1.70 bits per heavy atom. The SMILES string of the molecule is O=C(COC(=O)c1ccc(I)cc1)NCCc1ccc(F)cc1. The molecule has 1 amide bonds. The van der Waals surface area contributed by atoms with Crippen LogP contribution in [0.2, 0.25) is 0 Å². The summed E-state index contributed by atoms with van der Waals surface area (Å²) in [6.07, 6.45) is 0.580. The van der Waals surface area contributed by atoms with Crippen LogP contribution in [0, 0.1) is 9.39 Å². The highest BCUT2D eigenvalue weighted by Crippen LogP contribution is 2.08. The first-order valence-corrected chi connectivity index (χ1v) is 8.06. The lowest BCUT2D eigenvalue weighted by molar-refractivity contribution is -0.124. The van der Waals surface area contributed by atoms with Gasteiger partial charge in [0.25, 0.3) is 5.91 Å². The molecular weight excluding hydrogens is 412 g/mol. The van der Waals surface area contributed by atoms with Gasteiger partial charge in [0.15, 0.2) is 6.61 Å². The summed E-state index contributed by atoms with van der Waals surface area (Å²) in [5, 5.41) is 2.65. The minimum atomic E-state index is -0.532. The van der Waals surface area contributed by atoms with E-state index in [1.165, 1.54) is 12.1 Å². The molecule has 4 nitrogen and oxygen atoms in total. The summed E-state index contributed by atoms with van der Waals surface area (Å²) < 4.78 is 18.7. The molecule has 2 rings (SSSR count). The Labute approximate surface area is 147 Å². The molecule has 1 N–H and O–H groups in total. The third-order valence-electron chi connectivity index (χ3n) is 3.06. The number of hydrogen-bond acceptors (Lipinski definition) is 3. The van der Waals surface area contributed by atoms with Gasteiger partial charge in [0.1, 0.15) is 5.82 Å². The zero-order valence-electron chi connectivity index (χ0n) is 12.2. The van der Waals surface area contributed by atoms with Crippen molar-refractivity contribution in [1.82, 2.24) is 5.32 Å². The number of ether oxygens (including phenoxy) is 1. The number of nitrogens with one attached hydrogen (secondary N) is 1. The van der Waals surface area contributed by atoms with Gasteiger partial charge in [-0.15, -0.1) is 0 Å². The van der Waals surface area contributed by atoms with E-state index in [4.69, 9.17) is 4.74 Å². The van der Waals surface area contributed by atoms with Crippen LogP contribution >= 0.6 is 22.6 Å². The lowest BCUT2D eigenvalue weighted by Gasteiger charge is -2.07. The lowest BCUT2D eigenvalue weighted by Crippen LogP contribution is -2.30. The van der Waals surface area contributed by atoms with E-state index in [2.05, 4.69) is 27.9 Å². The Balaban J connectivity index is 1.69. The number of esters is 1. The molecule has 0 atom stereocenters. The van der Waals surface area contributed by atoms with E-state index in [0.717, 1.165) is 9.13 Å². The third kappa shape index (κ3) is 5.97. The summed E-state index contributed by atoms with van der Waals surface area (Å²) in [6.45, 7) is 0.0692. The highest BCUT2D eigenvalue weighted by molar-refractivity contribution is 14.1. The van der Waals surface area contributed by atoms with Gasteiger partial charge in [-0.25, -0.2) is 9.18 Å². The van der Waals surface area contributed by atoms with Crippen LogP contribution in [-0.2, 0) is 16.0 Å². The molecule has 0 radical (unpaired) electrons. The van der Waals surface area contributed by atoms with Gasteiger partial charge in [-0.05, 0) is 71.0 Å². The van der Waals surface area contributed by atoms with Gasteiger partial charge in [0, 0.05) is 10.1 Å². The topological polar surface area (TPSA) is 55.4 Å². The summed E-state index contributed by atoms with van der Waals surface area (Å²) in [5.74, 6) is -1.19. The van der Waals surface area contributed by atoms with Gasteiger partial charge < -0.3 is 10.1 Å². The maximum absolute atomic E-state index is 12.8. The zero-order valence-corrected chi connectivity index (χ0v) is 14.4. The van der Waals surface area contributed by atoms with Gasteiger partial charge in [-0.2, -0.15) is 0 Å². The second-order valence-corrected chi connectivity index (χ2v) is 6.06. The molecule has 6 heteroatoms. The highest BCUT2D eigenvalue weighted by atomic mass is 127. The number of benzene rings is 2. The molecule has 0 saturated carbocycles. The van der Waals surface area contributed by atoms with E-state index in [-0.39, 0.29) is 18.3 Å². The van der Waals surface area contributed by atoms with Crippen LogP contribution in [0.4, 0.5) is 4.39 Å². The van der Waals surface area contributed by atoms with Crippen LogP contribution in [0.5, 0.6) is 0 Å². The fourth-order valence-corrected chi connectivity index (χ4v) is 2.21. The summed E-state index contributed by atoms with van der Waals surface area (Å²) >= 11 is 2.14. The molecule has 2 aromatic carbocycles. The van der Waals surface area contributed by atoms with Crippen molar-refractivity contribution < 1.29 is 18.7 Å². The van der Waals surface area contributed by atoms with Crippen molar-refractivity contribution in [3.8, 4) is 0 Å². The maximum atomic E-state index is 12.8. The molecule has 0 saturated heterocycles. The molecule has 120 valence electrons. The highest BCUT2D eigenvalue weighted by Gasteiger charge is 2.09. The molecule has 0 spiro atoms. The number of halogens is 2. The van der Waals surface area contributed by atoms with E-state index in [1.807, 2.05) is 0 Å². The first-order valence-electron chi connectivity index (χ1n) is 6.98. The molecule has 2 aromatic rings. The van der Waals surface area contributed by atoms with Crippen LogP contribution in [0.25, 0.3) is 0 Å². The Bertz CT molecular complexity index is 671. The standard InChI is InChI=1S/C17H15FINO3/c18-14-5-1-12(2-6-14)9-10-20-16(21)11-23-17(22)13-3-7-15(19)8-4-13/h1-8H,9-11H2,(H,20,21). The molecule has 0 bridgehead atoms. The number of rotatable bonds is 6. The Morgan fingerprint density at radius 3 is 2.35 bits per heavy atom. The van der Waals surface area contributed by atoms with Crippen molar-refractivity contribution in [3.05, 3.63) is 69.0 Å². The van der Waals surface area contributed by atoms with E-state index in [0.29, 0.717) is 18.5 Å². The van der Waals surface area contributed by atoms with Crippen molar-refractivity contribution >= 4 is 34.5 Å². The molecule has 23 heavy (non-hydrogen) atoms. The van der Waals surface area contributed by atoms with Crippen LogP contribution in [0.3, 0.4) is 0 Å². The quantitative estimate of drug-likeness (QED) is 0.570.